The number of hydrogen-bond donors (Lipinski definition) is 2. The highest BCUT2D eigenvalue weighted by molar-refractivity contribution is 9.11. The molecule has 0 aliphatic rings. The SMILES string of the molecule is CNC(=O)/C(F)=C/c1c(Cl)ccc(Br)c1NC(=O)c1c(Br)c(Cl)nn1-c1ncccc1Cl. The summed E-state index contributed by atoms with van der Waals surface area (Å²) < 4.78 is 16.0. The Morgan fingerprint density at radius 3 is 2.53 bits per heavy atom. The Bertz CT molecular complexity index is 1270. The number of carbonyl (C=O) groups excluding carboxylic acids is 2. The van der Waals surface area contributed by atoms with Crippen molar-refractivity contribution in [1.29, 1.82) is 0 Å². The van der Waals surface area contributed by atoms with Crippen LogP contribution < -0.4 is 10.6 Å². The second kappa shape index (κ2) is 10.3. The van der Waals surface area contributed by atoms with E-state index in [9.17, 15) is 14.0 Å². The van der Waals surface area contributed by atoms with Crippen molar-refractivity contribution in [3.05, 3.63) is 71.7 Å². The van der Waals surface area contributed by atoms with Crippen molar-refractivity contribution >= 4 is 90.2 Å². The van der Waals surface area contributed by atoms with Gasteiger partial charge in [-0.2, -0.15) is 5.10 Å². The smallest absolute Gasteiger partial charge is 0.279 e. The first kappa shape index (κ1) is 24.7. The molecule has 2 aromatic heterocycles. The summed E-state index contributed by atoms with van der Waals surface area (Å²) in [6.45, 7) is 0. The van der Waals surface area contributed by atoms with E-state index in [4.69, 9.17) is 34.8 Å². The monoisotopic (exact) mass is 623 g/mol. The van der Waals surface area contributed by atoms with Crippen LogP contribution in [-0.2, 0) is 4.79 Å². The van der Waals surface area contributed by atoms with E-state index in [1.165, 1.54) is 24.0 Å². The molecule has 2 amide bonds. The molecule has 0 saturated carbocycles. The van der Waals surface area contributed by atoms with E-state index in [0.29, 0.717) is 4.47 Å². The second-order valence-corrected chi connectivity index (χ2v) is 8.84. The molecule has 166 valence electrons. The summed E-state index contributed by atoms with van der Waals surface area (Å²) in [5.41, 5.74) is 0.160. The molecule has 3 aromatic rings. The molecule has 13 heteroatoms. The first-order valence-electron chi connectivity index (χ1n) is 8.59. The van der Waals surface area contributed by atoms with E-state index >= 15 is 0 Å². The maximum Gasteiger partial charge on any atom is 0.279 e. The molecule has 32 heavy (non-hydrogen) atoms. The Balaban J connectivity index is 2.11. The third kappa shape index (κ3) is 4.99. The first-order valence-corrected chi connectivity index (χ1v) is 11.3. The van der Waals surface area contributed by atoms with E-state index < -0.39 is 17.6 Å². The van der Waals surface area contributed by atoms with Gasteiger partial charge in [0.05, 0.1) is 20.2 Å². The Labute approximate surface area is 213 Å². The van der Waals surface area contributed by atoms with Gasteiger partial charge in [-0.05, 0) is 62.2 Å². The minimum absolute atomic E-state index is 0.00666. The minimum Gasteiger partial charge on any atom is -0.353 e. The van der Waals surface area contributed by atoms with Gasteiger partial charge in [0.2, 0.25) is 0 Å². The van der Waals surface area contributed by atoms with Gasteiger partial charge in [-0.15, -0.1) is 0 Å². The first-order chi connectivity index (χ1) is 15.1. The zero-order chi connectivity index (χ0) is 23.6. The average Bonchev–Trinajstić information content (AvgIpc) is 3.06. The fourth-order valence-electron chi connectivity index (χ4n) is 2.57. The lowest BCUT2D eigenvalue weighted by Crippen LogP contribution is -2.20. The van der Waals surface area contributed by atoms with Gasteiger partial charge < -0.3 is 10.6 Å². The van der Waals surface area contributed by atoms with Gasteiger partial charge in [0.25, 0.3) is 11.8 Å². The maximum atomic E-state index is 14.2. The van der Waals surface area contributed by atoms with Crippen LogP contribution in [0.1, 0.15) is 16.1 Å². The number of nitrogens with zero attached hydrogens (tertiary/aromatic N) is 3. The maximum absolute atomic E-state index is 14.2. The molecule has 0 atom stereocenters. The molecule has 7 nitrogen and oxygen atoms in total. The molecule has 0 fully saturated rings. The Kier molecular flexibility index (Phi) is 7.94. The third-order valence-electron chi connectivity index (χ3n) is 4.04. The number of halogens is 6. The molecule has 0 bridgehead atoms. The summed E-state index contributed by atoms with van der Waals surface area (Å²) in [5, 5.41) is 9.25. The quantitative estimate of drug-likeness (QED) is 0.337. The molecular weight excluding hydrogens is 615 g/mol. The van der Waals surface area contributed by atoms with Gasteiger partial charge in [-0.1, -0.05) is 34.8 Å². The largest absolute Gasteiger partial charge is 0.353 e. The highest BCUT2D eigenvalue weighted by Gasteiger charge is 2.26. The average molecular weight is 626 g/mol. The molecule has 0 radical (unpaired) electrons. The van der Waals surface area contributed by atoms with E-state index in [-0.39, 0.29) is 42.4 Å². The van der Waals surface area contributed by atoms with Gasteiger partial charge in [-0.25, -0.2) is 14.1 Å². The summed E-state index contributed by atoms with van der Waals surface area (Å²) in [4.78, 5) is 29.0. The summed E-state index contributed by atoms with van der Waals surface area (Å²) in [7, 11) is 1.28. The number of aromatic nitrogens is 3. The lowest BCUT2D eigenvalue weighted by molar-refractivity contribution is -0.118. The number of hydrogen-bond acceptors (Lipinski definition) is 4. The Morgan fingerprint density at radius 1 is 1.16 bits per heavy atom. The third-order valence-corrected chi connectivity index (χ3v) is 6.57. The van der Waals surface area contributed by atoms with Gasteiger partial charge >= 0.3 is 0 Å². The van der Waals surface area contributed by atoms with Crippen molar-refractivity contribution in [2.75, 3.05) is 12.4 Å². The van der Waals surface area contributed by atoms with Crippen LogP contribution in [0.2, 0.25) is 15.2 Å². The van der Waals surface area contributed by atoms with Gasteiger partial charge in [0.1, 0.15) is 5.69 Å². The van der Waals surface area contributed by atoms with Crippen LogP contribution in [0, 0.1) is 0 Å². The number of anilines is 1. The summed E-state index contributed by atoms with van der Waals surface area (Å²) in [5.74, 6) is -2.56. The lowest BCUT2D eigenvalue weighted by Gasteiger charge is -2.14. The van der Waals surface area contributed by atoms with Crippen LogP contribution >= 0.6 is 66.7 Å². The number of carbonyl (C=O) groups is 2. The molecule has 2 heterocycles. The van der Waals surface area contributed by atoms with Gasteiger partial charge in [-0.3, -0.25) is 9.59 Å². The van der Waals surface area contributed by atoms with Crippen molar-refractivity contribution in [3.63, 3.8) is 0 Å². The van der Waals surface area contributed by atoms with Crippen LogP contribution in [0.5, 0.6) is 0 Å². The molecule has 0 unspecified atom stereocenters. The van der Waals surface area contributed by atoms with E-state index in [1.54, 1.807) is 18.2 Å². The van der Waals surface area contributed by atoms with Gasteiger partial charge in [0.15, 0.2) is 16.8 Å². The lowest BCUT2D eigenvalue weighted by atomic mass is 10.1. The molecule has 0 aliphatic carbocycles. The zero-order valence-electron chi connectivity index (χ0n) is 15.9. The summed E-state index contributed by atoms with van der Waals surface area (Å²) in [6, 6.07) is 6.23. The van der Waals surface area contributed by atoms with Crippen LogP contribution in [0.15, 0.2) is 45.2 Å². The minimum atomic E-state index is -1.10. The molecule has 2 N–H and O–H groups in total. The topological polar surface area (TPSA) is 88.9 Å². The zero-order valence-corrected chi connectivity index (χ0v) is 21.3. The molecule has 0 spiro atoms. The predicted molar refractivity (Wildman–Crippen MR) is 129 cm³/mol. The molecule has 0 saturated heterocycles. The molecular formula is C19H11Br2Cl3FN5O2. The number of likely N-dealkylation sites (N-methyl/N-ethyl adjacent to an activating group) is 1. The number of amides is 2. The van der Waals surface area contributed by atoms with Crippen molar-refractivity contribution < 1.29 is 14.0 Å². The van der Waals surface area contributed by atoms with Crippen molar-refractivity contribution in [1.82, 2.24) is 20.1 Å². The Hall–Kier alpha value is -1.98. The fourth-order valence-corrected chi connectivity index (χ4v) is 4.03. The summed E-state index contributed by atoms with van der Waals surface area (Å²) in [6.07, 6.45) is 2.39. The molecule has 0 aliphatic heterocycles. The van der Waals surface area contributed by atoms with E-state index in [2.05, 4.69) is 52.6 Å². The van der Waals surface area contributed by atoms with Gasteiger partial charge in [0, 0.05) is 23.3 Å². The fraction of sp³-hybridized carbons (Fsp3) is 0.0526. The van der Waals surface area contributed by atoms with Crippen molar-refractivity contribution in [2.24, 2.45) is 0 Å². The van der Waals surface area contributed by atoms with Crippen LogP contribution in [0.25, 0.3) is 11.9 Å². The highest BCUT2D eigenvalue weighted by Crippen LogP contribution is 2.36. The number of rotatable bonds is 5. The Morgan fingerprint density at radius 2 is 1.88 bits per heavy atom. The molecule has 1 aromatic carbocycles. The number of benzene rings is 1. The normalized spacial score (nSPS) is 11.4. The van der Waals surface area contributed by atoms with Crippen LogP contribution in [0.4, 0.5) is 10.1 Å². The van der Waals surface area contributed by atoms with Crippen LogP contribution in [0.3, 0.4) is 0 Å². The van der Waals surface area contributed by atoms with E-state index in [0.717, 1.165) is 6.08 Å². The highest BCUT2D eigenvalue weighted by atomic mass is 79.9. The van der Waals surface area contributed by atoms with E-state index in [1.807, 2.05) is 0 Å². The van der Waals surface area contributed by atoms with Crippen molar-refractivity contribution in [3.8, 4) is 5.82 Å². The predicted octanol–water partition coefficient (Wildman–Crippen LogP) is 6.06. The van der Waals surface area contributed by atoms with Crippen LogP contribution in [-0.4, -0.2) is 33.6 Å². The molecule has 3 rings (SSSR count). The standard InChI is InChI=1S/C19H11Br2Cl3FN5O2/c1-26-18(31)12(25)7-8-10(22)5-4-9(20)14(8)28-19(32)15-13(21)16(24)29-30(15)17-11(23)3-2-6-27-17/h2-7H,1H3,(H,26,31)(H,28,32)/b12-7-. The second-order valence-electron chi connectivity index (χ2n) is 6.02. The summed E-state index contributed by atoms with van der Waals surface area (Å²) >= 11 is 25.1. The van der Waals surface area contributed by atoms with Crippen molar-refractivity contribution in [2.45, 2.75) is 0 Å². The number of nitrogens with one attached hydrogen (secondary N) is 2. The number of pyridine rings is 1.